The minimum absolute atomic E-state index is 1.13. The average Bonchev–Trinajstić information content (AvgIpc) is 3.01. The predicted octanol–water partition coefficient (Wildman–Crippen LogP) is 10.1. The Hall–Kier alpha value is -5.08. The van der Waals surface area contributed by atoms with Crippen molar-refractivity contribution in [2.75, 3.05) is 0 Å². The number of pyridine rings is 2. The molecule has 0 saturated heterocycles. The Kier molecular flexibility index (Phi) is 5.94. The molecule has 0 unspecified atom stereocenters. The van der Waals surface area contributed by atoms with Gasteiger partial charge in [-0.05, 0) is 92.0 Å². The largest absolute Gasteiger partial charge is 0.264 e. The molecule has 40 heavy (non-hydrogen) atoms. The van der Waals surface area contributed by atoms with Gasteiger partial charge in [-0.1, -0.05) is 97.1 Å². The van der Waals surface area contributed by atoms with Crippen LogP contribution in [0.5, 0.6) is 0 Å². The van der Waals surface area contributed by atoms with Gasteiger partial charge in [0.15, 0.2) is 0 Å². The number of nitrogens with zero attached hydrogens (tertiary/aromatic N) is 2. The fourth-order valence-electron chi connectivity index (χ4n) is 6.19. The summed E-state index contributed by atoms with van der Waals surface area (Å²) < 4.78 is 0. The molecular weight excluding hydrogens is 484 g/mol. The lowest BCUT2D eigenvalue weighted by atomic mass is 9.82. The first-order valence-corrected chi connectivity index (χ1v) is 13.7. The second-order valence-electron chi connectivity index (χ2n) is 10.3. The van der Waals surface area contributed by atoms with E-state index < -0.39 is 0 Å². The molecule has 0 radical (unpaired) electrons. The van der Waals surface area contributed by atoms with Gasteiger partial charge in [0.05, 0.1) is 0 Å². The maximum Gasteiger partial charge on any atom is 0.0346 e. The molecule has 0 amide bonds. The highest BCUT2D eigenvalue weighted by molar-refractivity contribution is 6.22. The second kappa shape index (κ2) is 9.91. The second-order valence-corrected chi connectivity index (χ2v) is 10.3. The minimum atomic E-state index is 1.13. The zero-order valence-corrected chi connectivity index (χ0v) is 22.6. The van der Waals surface area contributed by atoms with E-state index in [0.717, 1.165) is 11.1 Å². The lowest BCUT2D eigenvalue weighted by Crippen LogP contribution is -1.95. The molecule has 0 N–H and O–H groups in total. The Morgan fingerprint density at radius 3 is 1.10 bits per heavy atom. The maximum atomic E-state index is 4.38. The van der Waals surface area contributed by atoms with Gasteiger partial charge in [-0.3, -0.25) is 9.97 Å². The molecule has 2 aromatic heterocycles. The number of hydrogen-bond acceptors (Lipinski definition) is 2. The topological polar surface area (TPSA) is 25.8 Å². The fraction of sp³-hybridized carbons (Fsp3) is 0.0526. The van der Waals surface area contributed by atoms with Crippen LogP contribution in [0.15, 0.2) is 134 Å². The molecule has 2 heterocycles. The molecule has 0 spiro atoms. The SMILES string of the molecule is Cc1c(-c2cccnc2)cccc1-c1c2ccccc2c(-c2cccc(-c3cccnc3)c2C)c2ccccc12. The first-order chi connectivity index (χ1) is 19.7. The van der Waals surface area contributed by atoms with E-state index in [4.69, 9.17) is 0 Å². The first-order valence-electron chi connectivity index (χ1n) is 13.7. The van der Waals surface area contributed by atoms with Crippen LogP contribution in [0.2, 0.25) is 0 Å². The molecule has 0 fully saturated rings. The smallest absolute Gasteiger partial charge is 0.0346 e. The highest BCUT2D eigenvalue weighted by Crippen LogP contribution is 2.46. The first kappa shape index (κ1) is 24.0. The van der Waals surface area contributed by atoms with Crippen LogP contribution in [-0.4, -0.2) is 9.97 Å². The van der Waals surface area contributed by atoms with Crippen molar-refractivity contribution >= 4 is 21.5 Å². The van der Waals surface area contributed by atoms with Crippen LogP contribution in [0.25, 0.3) is 66.1 Å². The highest BCUT2D eigenvalue weighted by atomic mass is 14.6. The maximum absolute atomic E-state index is 4.38. The van der Waals surface area contributed by atoms with Crippen LogP contribution >= 0.6 is 0 Å². The third-order valence-electron chi connectivity index (χ3n) is 8.08. The van der Waals surface area contributed by atoms with Crippen molar-refractivity contribution in [3.05, 3.63) is 145 Å². The molecule has 0 atom stereocenters. The Morgan fingerprint density at radius 2 is 0.750 bits per heavy atom. The molecule has 190 valence electrons. The number of fused-ring (bicyclic) bond motifs is 2. The summed E-state index contributed by atoms with van der Waals surface area (Å²) in [5.74, 6) is 0. The lowest BCUT2D eigenvalue weighted by molar-refractivity contribution is 1.32. The monoisotopic (exact) mass is 512 g/mol. The number of rotatable bonds is 4. The van der Waals surface area contributed by atoms with Crippen LogP contribution in [0, 0.1) is 13.8 Å². The molecule has 7 aromatic rings. The zero-order valence-electron chi connectivity index (χ0n) is 22.6. The summed E-state index contributed by atoms with van der Waals surface area (Å²) in [6.45, 7) is 4.47. The molecule has 2 nitrogen and oxygen atoms in total. The highest BCUT2D eigenvalue weighted by Gasteiger charge is 2.20. The summed E-state index contributed by atoms with van der Waals surface area (Å²) in [6, 6.07) is 39.3. The van der Waals surface area contributed by atoms with Gasteiger partial charge in [0.1, 0.15) is 0 Å². The third-order valence-corrected chi connectivity index (χ3v) is 8.08. The van der Waals surface area contributed by atoms with E-state index in [-0.39, 0.29) is 0 Å². The Balaban J connectivity index is 1.56. The van der Waals surface area contributed by atoms with Gasteiger partial charge in [-0.2, -0.15) is 0 Å². The molecule has 0 aliphatic carbocycles. The quantitative estimate of drug-likeness (QED) is 0.219. The standard InChI is InChI=1S/C38H28N2/c1-25-29(27-11-9-21-39-23-27)17-7-19-31(25)37-33-13-3-5-15-35(33)38(36-16-6-4-14-34(36)37)32-20-8-18-30(26(32)2)28-12-10-22-40-24-28/h3-24H,1-2H3. The summed E-state index contributed by atoms with van der Waals surface area (Å²) in [5, 5.41) is 5.03. The Bertz CT molecular complexity index is 1800. The van der Waals surface area contributed by atoms with E-state index in [1.165, 1.54) is 66.1 Å². The molecule has 0 saturated carbocycles. The van der Waals surface area contributed by atoms with Gasteiger partial charge in [0.25, 0.3) is 0 Å². The van der Waals surface area contributed by atoms with Gasteiger partial charge in [-0.15, -0.1) is 0 Å². The normalized spacial score (nSPS) is 11.2. The van der Waals surface area contributed by atoms with Crippen molar-refractivity contribution in [1.82, 2.24) is 9.97 Å². The zero-order chi connectivity index (χ0) is 27.1. The molecule has 7 rings (SSSR count). The molecule has 2 heteroatoms. The van der Waals surface area contributed by atoms with Crippen LogP contribution in [0.3, 0.4) is 0 Å². The third kappa shape index (κ3) is 3.88. The Morgan fingerprint density at radius 1 is 0.375 bits per heavy atom. The number of hydrogen-bond donors (Lipinski definition) is 0. The van der Waals surface area contributed by atoms with Crippen molar-refractivity contribution in [2.45, 2.75) is 13.8 Å². The van der Waals surface area contributed by atoms with Crippen LogP contribution in [0.4, 0.5) is 0 Å². The van der Waals surface area contributed by atoms with Gasteiger partial charge >= 0.3 is 0 Å². The number of benzene rings is 5. The van der Waals surface area contributed by atoms with Crippen molar-refractivity contribution in [3.63, 3.8) is 0 Å². The van der Waals surface area contributed by atoms with E-state index in [2.05, 4.69) is 121 Å². The van der Waals surface area contributed by atoms with Crippen molar-refractivity contribution in [1.29, 1.82) is 0 Å². The van der Waals surface area contributed by atoms with Gasteiger partial charge in [-0.25, -0.2) is 0 Å². The average molecular weight is 513 g/mol. The van der Waals surface area contributed by atoms with Crippen LogP contribution in [0.1, 0.15) is 11.1 Å². The van der Waals surface area contributed by atoms with Crippen LogP contribution in [-0.2, 0) is 0 Å². The van der Waals surface area contributed by atoms with E-state index in [1.807, 2.05) is 36.9 Å². The minimum Gasteiger partial charge on any atom is -0.264 e. The lowest BCUT2D eigenvalue weighted by Gasteiger charge is -2.21. The summed E-state index contributed by atoms with van der Waals surface area (Å²) in [6.07, 6.45) is 7.55. The van der Waals surface area contributed by atoms with E-state index in [0.29, 0.717) is 0 Å². The summed E-state index contributed by atoms with van der Waals surface area (Å²) in [4.78, 5) is 8.77. The molecular formula is C38H28N2. The van der Waals surface area contributed by atoms with E-state index in [1.54, 1.807) is 0 Å². The van der Waals surface area contributed by atoms with Crippen LogP contribution < -0.4 is 0 Å². The van der Waals surface area contributed by atoms with Crippen molar-refractivity contribution in [3.8, 4) is 44.5 Å². The molecule has 0 bridgehead atoms. The molecule has 0 aliphatic rings. The van der Waals surface area contributed by atoms with E-state index >= 15 is 0 Å². The molecule has 0 aliphatic heterocycles. The van der Waals surface area contributed by atoms with Gasteiger partial charge in [0.2, 0.25) is 0 Å². The van der Waals surface area contributed by atoms with E-state index in [9.17, 15) is 0 Å². The van der Waals surface area contributed by atoms with Crippen molar-refractivity contribution in [2.24, 2.45) is 0 Å². The summed E-state index contributed by atoms with van der Waals surface area (Å²) >= 11 is 0. The molecule has 5 aromatic carbocycles. The predicted molar refractivity (Wildman–Crippen MR) is 168 cm³/mol. The summed E-state index contributed by atoms with van der Waals surface area (Å²) in [5.41, 5.74) is 12.3. The number of aromatic nitrogens is 2. The fourth-order valence-corrected chi connectivity index (χ4v) is 6.19. The van der Waals surface area contributed by atoms with Crippen molar-refractivity contribution < 1.29 is 0 Å². The summed E-state index contributed by atoms with van der Waals surface area (Å²) in [7, 11) is 0. The Labute approximate surface area is 234 Å². The van der Waals surface area contributed by atoms with Gasteiger partial charge < -0.3 is 0 Å². The van der Waals surface area contributed by atoms with Gasteiger partial charge in [0, 0.05) is 35.9 Å².